The average molecular weight is 259 g/mol. The highest BCUT2D eigenvalue weighted by atomic mass is 16.1. The summed E-state index contributed by atoms with van der Waals surface area (Å²) in [5.41, 5.74) is 8.53. The maximum atomic E-state index is 11.8. The molecule has 104 valence electrons. The predicted molar refractivity (Wildman–Crippen MR) is 81.6 cm³/mol. The molecule has 2 heteroatoms. The van der Waals surface area contributed by atoms with E-state index in [1.807, 2.05) is 30.3 Å². The average Bonchev–Trinajstić information content (AvgIpc) is 2.42. The summed E-state index contributed by atoms with van der Waals surface area (Å²) in [7, 11) is 0. The van der Waals surface area contributed by atoms with Crippen LogP contribution in [0.5, 0.6) is 0 Å². The highest BCUT2D eigenvalue weighted by Crippen LogP contribution is 2.26. The molecule has 2 nitrogen and oxygen atoms in total. The molecule has 2 N–H and O–H groups in total. The topological polar surface area (TPSA) is 43.1 Å². The second-order valence-corrected chi connectivity index (χ2v) is 4.92. The van der Waals surface area contributed by atoms with Crippen LogP contribution >= 0.6 is 0 Å². The SMILES string of the molecule is CCCCC(CCCC)=C(C(N)=O)c1ccccc1. The van der Waals surface area contributed by atoms with E-state index in [0.717, 1.165) is 49.7 Å². The minimum Gasteiger partial charge on any atom is -0.366 e. The summed E-state index contributed by atoms with van der Waals surface area (Å²) in [4.78, 5) is 11.8. The molecule has 1 rings (SSSR count). The zero-order valence-corrected chi connectivity index (χ0v) is 12.1. The zero-order valence-electron chi connectivity index (χ0n) is 12.1. The lowest BCUT2D eigenvalue weighted by molar-refractivity contribution is -0.112. The van der Waals surface area contributed by atoms with Gasteiger partial charge < -0.3 is 5.73 Å². The van der Waals surface area contributed by atoms with Crippen molar-refractivity contribution in [2.24, 2.45) is 5.73 Å². The molecule has 0 aliphatic heterocycles. The van der Waals surface area contributed by atoms with E-state index >= 15 is 0 Å². The number of allylic oxidation sites excluding steroid dienone is 1. The summed E-state index contributed by atoms with van der Waals surface area (Å²) in [5, 5.41) is 0. The summed E-state index contributed by atoms with van der Waals surface area (Å²) >= 11 is 0. The molecule has 0 aliphatic rings. The molecule has 0 spiro atoms. The van der Waals surface area contributed by atoms with Gasteiger partial charge in [0.1, 0.15) is 0 Å². The first-order chi connectivity index (χ1) is 9.20. The van der Waals surface area contributed by atoms with Crippen molar-refractivity contribution < 1.29 is 4.79 Å². The number of hydrogen-bond donors (Lipinski definition) is 1. The summed E-state index contributed by atoms with van der Waals surface area (Å²) in [6.45, 7) is 4.34. The van der Waals surface area contributed by atoms with Crippen LogP contribution in [0.1, 0.15) is 57.9 Å². The summed E-state index contributed by atoms with van der Waals surface area (Å²) in [6, 6.07) is 9.81. The van der Waals surface area contributed by atoms with Crippen molar-refractivity contribution in [1.29, 1.82) is 0 Å². The summed E-state index contributed by atoms with van der Waals surface area (Å²) in [6.07, 6.45) is 6.45. The Morgan fingerprint density at radius 2 is 1.53 bits per heavy atom. The fourth-order valence-corrected chi connectivity index (χ4v) is 2.28. The van der Waals surface area contributed by atoms with Crippen LogP contribution in [0.15, 0.2) is 35.9 Å². The number of primary amides is 1. The first kappa shape index (κ1) is 15.5. The standard InChI is InChI=1S/C17H25NO/c1-3-5-10-14(11-6-4-2)16(17(18)19)15-12-8-7-9-13-15/h7-9,12-13H,3-6,10-11H2,1-2H3,(H2,18,19). The Kier molecular flexibility index (Phi) is 6.94. The molecule has 0 aromatic heterocycles. The molecule has 0 fully saturated rings. The van der Waals surface area contributed by atoms with Gasteiger partial charge >= 0.3 is 0 Å². The van der Waals surface area contributed by atoms with E-state index in [1.54, 1.807) is 0 Å². The summed E-state index contributed by atoms with van der Waals surface area (Å²) < 4.78 is 0. The monoisotopic (exact) mass is 259 g/mol. The van der Waals surface area contributed by atoms with Crippen molar-refractivity contribution in [3.63, 3.8) is 0 Å². The number of carbonyl (C=O) groups excluding carboxylic acids is 1. The van der Waals surface area contributed by atoms with Crippen molar-refractivity contribution in [3.05, 3.63) is 41.5 Å². The van der Waals surface area contributed by atoms with Gasteiger partial charge in [-0.3, -0.25) is 4.79 Å². The lowest BCUT2D eigenvalue weighted by Crippen LogP contribution is -2.15. The largest absolute Gasteiger partial charge is 0.366 e. The Hall–Kier alpha value is -1.57. The number of hydrogen-bond acceptors (Lipinski definition) is 1. The second-order valence-electron chi connectivity index (χ2n) is 4.92. The van der Waals surface area contributed by atoms with E-state index in [4.69, 9.17) is 5.73 Å². The van der Waals surface area contributed by atoms with Gasteiger partial charge in [0.2, 0.25) is 5.91 Å². The fraction of sp³-hybridized carbons (Fsp3) is 0.471. The third-order valence-corrected chi connectivity index (χ3v) is 3.33. The molecule has 1 aromatic carbocycles. The van der Waals surface area contributed by atoms with Gasteiger partial charge in [-0.1, -0.05) is 62.6 Å². The highest BCUT2D eigenvalue weighted by molar-refractivity contribution is 6.19. The highest BCUT2D eigenvalue weighted by Gasteiger charge is 2.14. The van der Waals surface area contributed by atoms with Gasteiger partial charge in [-0.15, -0.1) is 0 Å². The molecule has 0 saturated carbocycles. The first-order valence-corrected chi connectivity index (χ1v) is 7.27. The third-order valence-electron chi connectivity index (χ3n) is 3.33. The fourth-order valence-electron chi connectivity index (χ4n) is 2.28. The van der Waals surface area contributed by atoms with E-state index in [1.165, 1.54) is 5.57 Å². The molecule has 1 amide bonds. The molecule has 0 bridgehead atoms. The number of carbonyl (C=O) groups is 1. The smallest absolute Gasteiger partial charge is 0.249 e. The van der Waals surface area contributed by atoms with Crippen molar-refractivity contribution >= 4 is 11.5 Å². The Morgan fingerprint density at radius 1 is 1.00 bits per heavy atom. The van der Waals surface area contributed by atoms with Gasteiger partial charge in [-0.25, -0.2) is 0 Å². The van der Waals surface area contributed by atoms with E-state index in [2.05, 4.69) is 13.8 Å². The molecule has 19 heavy (non-hydrogen) atoms. The van der Waals surface area contributed by atoms with Crippen LogP contribution in [0.4, 0.5) is 0 Å². The van der Waals surface area contributed by atoms with E-state index in [9.17, 15) is 4.79 Å². The molecule has 0 unspecified atom stereocenters. The van der Waals surface area contributed by atoms with Crippen LogP contribution in [0.25, 0.3) is 5.57 Å². The second kappa shape index (κ2) is 8.52. The van der Waals surface area contributed by atoms with Crippen LogP contribution < -0.4 is 5.73 Å². The van der Waals surface area contributed by atoms with Gasteiger partial charge in [0.25, 0.3) is 0 Å². The van der Waals surface area contributed by atoms with E-state index < -0.39 is 0 Å². The van der Waals surface area contributed by atoms with Crippen LogP contribution in [-0.2, 0) is 4.79 Å². The number of amides is 1. The number of rotatable bonds is 8. The maximum Gasteiger partial charge on any atom is 0.249 e. The normalized spacial score (nSPS) is 10.2. The molecule has 0 radical (unpaired) electrons. The van der Waals surface area contributed by atoms with E-state index in [0.29, 0.717) is 0 Å². The Bertz CT molecular complexity index is 410. The maximum absolute atomic E-state index is 11.8. The molecular weight excluding hydrogens is 234 g/mol. The van der Waals surface area contributed by atoms with Crippen LogP contribution in [-0.4, -0.2) is 5.91 Å². The van der Waals surface area contributed by atoms with Crippen molar-refractivity contribution in [2.45, 2.75) is 52.4 Å². The quantitative estimate of drug-likeness (QED) is 0.695. The molecule has 0 aliphatic carbocycles. The van der Waals surface area contributed by atoms with E-state index in [-0.39, 0.29) is 5.91 Å². The van der Waals surface area contributed by atoms with Crippen LogP contribution in [0.3, 0.4) is 0 Å². The minimum absolute atomic E-state index is 0.298. The molecular formula is C17H25NO. The van der Waals surface area contributed by atoms with Gasteiger partial charge in [-0.05, 0) is 31.2 Å². The Morgan fingerprint density at radius 3 is 1.95 bits per heavy atom. The zero-order chi connectivity index (χ0) is 14.1. The van der Waals surface area contributed by atoms with Gasteiger partial charge in [0, 0.05) is 5.57 Å². The van der Waals surface area contributed by atoms with Crippen molar-refractivity contribution in [3.8, 4) is 0 Å². The molecule has 0 saturated heterocycles. The number of benzene rings is 1. The summed E-state index contributed by atoms with van der Waals surface area (Å²) in [5.74, 6) is -0.298. The lowest BCUT2D eigenvalue weighted by atomic mass is 9.92. The predicted octanol–water partition coefficient (Wildman–Crippen LogP) is 4.31. The van der Waals surface area contributed by atoms with Crippen molar-refractivity contribution in [1.82, 2.24) is 0 Å². The lowest BCUT2D eigenvalue weighted by Gasteiger charge is -2.13. The molecule has 0 heterocycles. The molecule has 0 atom stereocenters. The Labute approximate surface area is 116 Å². The number of unbranched alkanes of at least 4 members (excludes halogenated alkanes) is 2. The van der Waals surface area contributed by atoms with Gasteiger partial charge in [-0.2, -0.15) is 0 Å². The van der Waals surface area contributed by atoms with Crippen LogP contribution in [0.2, 0.25) is 0 Å². The number of nitrogens with two attached hydrogens (primary N) is 1. The van der Waals surface area contributed by atoms with Crippen LogP contribution in [0, 0.1) is 0 Å². The first-order valence-electron chi connectivity index (χ1n) is 7.27. The third kappa shape index (κ3) is 4.90. The van der Waals surface area contributed by atoms with Crippen molar-refractivity contribution in [2.75, 3.05) is 0 Å². The molecule has 1 aromatic rings. The minimum atomic E-state index is -0.298. The van der Waals surface area contributed by atoms with Gasteiger partial charge in [0.05, 0.1) is 0 Å². The van der Waals surface area contributed by atoms with Gasteiger partial charge in [0.15, 0.2) is 0 Å². The Balaban J connectivity index is 3.12.